The Morgan fingerprint density at radius 3 is 2.47 bits per heavy atom. The minimum absolute atomic E-state index is 0.166. The zero-order chi connectivity index (χ0) is 14.1. The van der Waals surface area contributed by atoms with Gasteiger partial charge in [0.05, 0.1) is 0 Å². The van der Waals surface area contributed by atoms with Gasteiger partial charge >= 0.3 is 123 Å². The van der Waals surface area contributed by atoms with Crippen LogP contribution in [0.4, 0.5) is 0 Å². The van der Waals surface area contributed by atoms with E-state index in [0.717, 1.165) is 8.08 Å². The molecule has 104 valence electrons. The van der Waals surface area contributed by atoms with E-state index in [9.17, 15) is 9.59 Å². The van der Waals surface area contributed by atoms with E-state index < -0.39 is 20.9 Å². The van der Waals surface area contributed by atoms with Crippen LogP contribution in [0.15, 0.2) is 24.3 Å². The van der Waals surface area contributed by atoms with Gasteiger partial charge in [-0.15, -0.1) is 0 Å². The zero-order valence-electron chi connectivity index (χ0n) is 11.2. The molecule has 4 nitrogen and oxygen atoms in total. The van der Waals surface area contributed by atoms with E-state index >= 15 is 0 Å². The second-order valence-corrected chi connectivity index (χ2v) is 6.86. The fourth-order valence-corrected chi connectivity index (χ4v) is 4.22. The fourth-order valence-electron chi connectivity index (χ4n) is 1.45. The van der Waals surface area contributed by atoms with Crippen molar-refractivity contribution in [3.8, 4) is 0 Å². The third-order valence-electron chi connectivity index (χ3n) is 2.25. The SMILES string of the molecule is CCOC(=O)CC[Te]c1ccccc1C(=O)OCC. The fraction of sp³-hybridized carbons (Fsp3) is 0.429. The third kappa shape index (κ3) is 5.63. The molecule has 0 bridgehead atoms. The molecule has 0 unspecified atom stereocenters. The second-order valence-electron chi connectivity index (χ2n) is 3.62. The summed E-state index contributed by atoms with van der Waals surface area (Å²) in [6, 6.07) is 7.46. The Labute approximate surface area is 123 Å². The molecule has 0 N–H and O–H groups in total. The van der Waals surface area contributed by atoms with E-state index in [0.29, 0.717) is 25.2 Å². The average molecular weight is 378 g/mol. The molecule has 1 aromatic rings. The predicted octanol–water partition coefficient (Wildman–Crippen LogP) is 1.56. The Balaban J connectivity index is 2.58. The summed E-state index contributed by atoms with van der Waals surface area (Å²) in [4.78, 5) is 23.0. The molecule has 0 radical (unpaired) electrons. The van der Waals surface area contributed by atoms with E-state index in [4.69, 9.17) is 9.47 Å². The second kappa shape index (κ2) is 8.95. The van der Waals surface area contributed by atoms with Gasteiger partial charge in [-0.25, -0.2) is 0 Å². The summed E-state index contributed by atoms with van der Waals surface area (Å²) in [6.07, 6.45) is 0.424. The Morgan fingerprint density at radius 2 is 1.79 bits per heavy atom. The summed E-state index contributed by atoms with van der Waals surface area (Å²) in [7, 11) is 0. The molecular formula is C14H18O4Te. The zero-order valence-corrected chi connectivity index (χ0v) is 13.5. The number of rotatable bonds is 7. The van der Waals surface area contributed by atoms with E-state index in [1.165, 1.54) is 0 Å². The van der Waals surface area contributed by atoms with Gasteiger partial charge in [-0.2, -0.15) is 0 Å². The average Bonchev–Trinajstić information content (AvgIpc) is 2.40. The Bertz CT molecular complexity index is 431. The number of carbonyl (C=O) groups is 2. The number of esters is 2. The van der Waals surface area contributed by atoms with Crippen LogP contribution in [0.5, 0.6) is 0 Å². The van der Waals surface area contributed by atoms with Crippen LogP contribution >= 0.6 is 0 Å². The Morgan fingerprint density at radius 1 is 1.11 bits per heavy atom. The summed E-state index contributed by atoms with van der Waals surface area (Å²) < 4.78 is 11.7. The first-order valence-corrected chi connectivity index (χ1v) is 9.04. The topological polar surface area (TPSA) is 52.6 Å². The number of hydrogen-bond donors (Lipinski definition) is 0. The molecule has 0 amide bonds. The van der Waals surface area contributed by atoms with Gasteiger partial charge in [-0.1, -0.05) is 0 Å². The summed E-state index contributed by atoms with van der Waals surface area (Å²) in [5, 5.41) is 0. The summed E-state index contributed by atoms with van der Waals surface area (Å²) in [6.45, 7) is 4.37. The standard InChI is InChI=1S/C14H18O4Te/c1-3-17-13(15)9-10-19-12-8-6-5-7-11(12)14(16)18-4-2/h5-8H,3-4,9-10H2,1-2H3. The van der Waals surface area contributed by atoms with E-state index in [2.05, 4.69) is 0 Å². The molecule has 0 saturated heterocycles. The van der Waals surface area contributed by atoms with Gasteiger partial charge < -0.3 is 0 Å². The molecular weight excluding hydrogens is 360 g/mol. The molecule has 0 aliphatic rings. The van der Waals surface area contributed by atoms with Crippen molar-refractivity contribution < 1.29 is 19.1 Å². The molecule has 0 aliphatic carbocycles. The maximum atomic E-state index is 11.8. The minimum atomic E-state index is -0.577. The molecule has 0 aromatic heterocycles. The number of carbonyl (C=O) groups excluding carboxylic acids is 2. The number of benzene rings is 1. The van der Waals surface area contributed by atoms with Crippen LogP contribution in [0.25, 0.3) is 0 Å². The summed E-state index contributed by atoms with van der Waals surface area (Å²) in [5.41, 5.74) is 0.635. The molecule has 1 rings (SSSR count). The van der Waals surface area contributed by atoms with E-state index in [-0.39, 0.29) is 11.9 Å². The van der Waals surface area contributed by atoms with Crippen molar-refractivity contribution in [1.29, 1.82) is 0 Å². The van der Waals surface area contributed by atoms with Gasteiger partial charge in [0.2, 0.25) is 0 Å². The van der Waals surface area contributed by atoms with Crippen LogP contribution in [0.2, 0.25) is 4.47 Å². The summed E-state index contributed by atoms with van der Waals surface area (Å²) in [5.74, 6) is -0.444. The van der Waals surface area contributed by atoms with Crippen LogP contribution in [-0.2, 0) is 14.3 Å². The molecule has 5 heteroatoms. The number of ether oxygens (including phenoxy) is 2. The van der Waals surface area contributed by atoms with Crippen LogP contribution in [0, 0.1) is 0 Å². The van der Waals surface area contributed by atoms with Crippen molar-refractivity contribution in [3.05, 3.63) is 29.8 Å². The monoisotopic (exact) mass is 380 g/mol. The first-order chi connectivity index (χ1) is 9.19. The van der Waals surface area contributed by atoms with Crippen molar-refractivity contribution >= 4 is 36.5 Å². The van der Waals surface area contributed by atoms with Gasteiger partial charge in [0, 0.05) is 0 Å². The van der Waals surface area contributed by atoms with Crippen molar-refractivity contribution in [3.63, 3.8) is 0 Å². The molecule has 0 heterocycles. The van der Waals surface area contributed by atoms with Gasteiger partial charge in [0.1, 0.15) is 0 Å². The van der Waals surface area contributed by atoms with Crippen molar-refractivity contribution in [2.24, 2.45) is 0 Å². The molecule has 0 saturated carbocycles. The molecule has 0 spiro atoms. The van der Waals surface area contributed by atoms with Crippen molar-refractivity contribution in [2.45, 2.75) is 24.7 Å². The van der Waals surface area contributed by atoms with Crippen LogP contribution in [0.3, 0.4) is 0 Å². The van der Waals surface area contributed by atoms with Gasteiger partial charge in [0.25, 0.3) is 0 Å². The van der Waals surface area contributed by atoms with Crippen LogP contribution < -0.4 is 3.61 Å². The molecule has 0 atom stereocenters. The molecule has 0 aliphatic heterocycles. The predicted molar refractivity (Wildman–Crippen MR) is 73.8 cm³/mol. The number of hydrogen-bond acceptors (Lipinski definition) is 4. The Kier molecular flexibility index (Phi) is 7.54. The van der Waals surface area contributed by atoms with Gasteiger partial charge in [0.15, 0.2) is 0 Å². The third-order valence-corrected chi connectivity index (χ3v) is 5.32. The first kappa shape index (κ1) is 16.0. The molecule has 19 heavy (non-hydrogen) atoms. The van der Waals surface area contributed by atoms with Crippen molar-refractivity contribution in [2.75, 3.05) is 13.2 Å². The van der Waals surface area contributed by atoms with E-state index in [1.807, 2.05) is 18.2 Å². The molecule has 1 aromatic carbocycles. The maximum absolute atomic E-state index is 11.8. The van der Waals surface area contributed by atoms with E-state index in [1.54, 1.807) is 19.9 Å². The van der Waals surface area contributed by atoms with Crippen molar-refractivity contribution in [1.82, 2.24) is 0 Å². The van der Waals surface area contributed by atoms with Gasteiger partial charge in [-0.05, 0) is 0 Å². The summed E-state index contributed by atoms with van der Waals surface area (Å²) >= 11 is -0.577. The normalized spacial score (nSPS) is 10.0. The molecule has 0 fully saturated rings. The first-order valence-electron chi connectivity index (χ1n) is 6.23. The van der Waals surface area contributed by atoms with Gasteiger partial charge in [-0.3, -0.25) is 0 Å². The van der Waals surface area contributed by atoms with Crippen LogP contribution in [-0.4, -0.2) is 46.1 Å². The van der Waals surface area contributed by atoms with Crippen LogP contribution in [0.1, 0.15) is 30.6 Å². The quantitative estimate of drug-likeness (QED) is 0.534. The Hall–Kier alpha value is -1.05.